The van der Waals surface area contributed by atoms with E-state index in [0.29, 0.717) is 17.4 Å². The zero-order valence-electron chi connectivity index (χ0n) is 26.6. The first-order valence-electron chi connectivity index (χ1n) is 16.2. The summed E-state index contributed by atoms with van der Waals surface area (Å²) in [5, 5.41) is 0. The number of carbonyl (C=O) groups is 2. The number of likely N-dealkylation sites (tertiary alicyclic amines) is 1. The molecule has 1 amide bonds. The maximum atomic E-state index is 13.7. The van der Waals surface area contributed by atoms with Gasteiger partial charge in [0.25, 0.3) is 0 Å². The summed E-state index contributed by atoms with van der Waals surface area (Å²) in [6, 6.07) is 20.8. The van der Waals surface area contributed by atoms with E-state index in [2.05, 4.69) is 54.3 Å². The highest BCUT2D eigenvalue weighted by atomic mass is 16.5. The zero-order valence-corrected chi connectivity index (χ0v) is 26.6. The molecular formula is C38H42N2O5. The van der Waals surface area contributed by atoms with Gasteiger partial charge in [-0.2, -0.15) is 0 Å². The van der Waals surface area contributed by atoms with Crippen molar-refractivity contribution in [3.05, 3.63) is 94.6 Å². The average Bonchev–Trinajstić information content (AvgIpc) is 3.38. The third kappa shape index (κ3) is 5.02. The third-order valence-electron chi connectivity index (χ3n) is 10.8. The SMILES string of the molecule is COc1cc(OC(C)=O)c2c3c1O[C@H]1[C@H](N(C)C(=O)C=Cc4cccc(C)c4)CC[C@H]4[C@@H](C2)N(CCc2ccccc2)CC[C@@]341. The molecule has 4 aliphatic rings. The van der Waals surface area contributed by atoms with Gasteiger partial charge in [-0.15, -0.1) is 0 Å². The first-order valence-corrected chi connectivity index (χ1v) is 16.2. The van der Waals surface area contributed by atoms with E-state index in [0.717, 1.165) is 73.2 Å². The van der Waals surface area contributed by atoms with Crippen LogP contribution in [0.15, 0.2) is 66.7 Å². The lowest BCUT2D eigenvalue weighted by Crippen LogP contribution is -2.69. The molecule has 0 aromatic heterocycles. The number of likely N-dealkylation sites (N-methyl/N-ethyl adjacent to an activating group) is 1. The average molecular weight is 607 g/mol. The summed E-state index contributed by atoms with van der Waals surface area (Å²) >= 11 is 0. The number of rotatable bonds is 8. The fourth-order valence-electron chi connectivity index (χ4n) is 8.85. The summed E-state index contributed by atoms with van der Waals surface area (Å²) in [6.45, 7) is 5.42. The molecule has 7 heteroatoms. The molecule has 0 unspecified atom stereocenters. The standard InChI is InChI=1S/C38H42N2O5/c1-24-9-8-12-27(21-24)13-16-34(42)39(3)30-15-14-29-31-22-28-32(44-25(2)41)23-33(43-4)36-35(28)38(29,37(30)45-36)18-20-40(31)19-17-26-10-6-5-7-11-26/h5-13,16,21,23,29-31,37H,14-15,17-20,22H2,1-4H3/t29-,30+,31+,37-,38-/m0/s1. The van der Waals surface area contributed by atoms with Crippen molar-refractivity contribution in [3.63, 3.8) is 0 Å². The van der Waals surface area contributed by atoms with Crippen LogP contribution in [-0.4, -0.2) is 67.1 Å². The number of carbonyl (C=O) groups excluding carboxylic acids is 2. The van der Waals surface area contributed by atoms with Crippen LogP contribution in [0.2, 0.25) is 0 Å². The molecule has 1 spiro atoms. The topological polar surface area (TPSA) is 68.3 Å². The van der Waals surface area contributed by atoms with Crippen molar-refractivity contribution in [2.75, 3.05) is 27.2 Å². The molecule has 5 atom stereocenters. The number of hydrogen-bond donors (Lipinski definition) is 0. The minimum Gasteiger partial charge on any atom is -0.493 e. The largest absolute Gasteiger partial charge is 0.493 e. The van der Waals surface area contributed by atoms with Crippen LogP contribution in [0.5, 0.6) is 17.2 Å². The van der Waals surface area contributed by atoms with Gasteiger partial charge in [0, 0.05) is 55.2 Å². The number of methoxy groups -OCH3 is 1. The van der Waals surface area contributed by atoms with E-state index in [9.17, 15) is 9.59 Å². The summed E-state index contributed by atoms with van der Waals surface area (Å²) in [4.78, 5) is 30.5. The van der Waals surface area contributed by atoms with Crippen molar-refractivity contribution < 1.29 is 23.8 Å². The Kier molecular flexibility index (Phi) is 7.68. The lowest BCUT2D eigenvalue weighted by Gasteiger charge is -2.60. The molecule has 2 aliphatic heterocycles. The molecule has 0 N–H and O–H groups in total. The Bertz CT molecular complexity index is 1650. The molecule has 45 heavy (non-hydrogen) atoms. The number of nitrogens with zero attached hydrogens (tertiary/aromatic N) is 2. The van der Waals surface area contributed by atoms with Gasteiger partial charge in [0.15, 0.2) is 11.5 Å². The summed E-state index contributed by atoms with van der Waals surface area (Å²) < 4.78 is 18.7. The van der Waals surface area contributed by atoms with Crippen LogP contribution < -0.4 is 14.2 Å². The summed E-state index contributed by atoms with van der Waals surface area (Å²) in [5.74, 6) is 1.91. The number of ether oxygens (including phenoxy) is 3. The molecule has 2 bridgehead atoms. The summed E-state index contributed by atoms with van der Waals surface area (Å²) in [7, 11) is 3.55. The van der Waals surface area contributed by atoms with Crippen molar-refractivity contribution >= 4 is 18.0 Å². The van der Waals surface area contributed by atoms with Gasteiger partial charge in [0.05, 0.1) is 13.2 Å². The van der Waals surface area contributed by atoms with E-state index in [1.54, 1.807) is 13.2 Å². The van der Waals surface area contributed by atoms with Crippen LogP contribution in [-0.2, 0) is 27.8 Å². The van der Waals surface area contributed by atoms with Crippen LogP contribution in [0.1, 0.15) is 54.0 Å². The molecule has 1 saturated heterocycles. The monoisotopic (exact) mass is 606 g/mol. The fourth-order valence-corrected chi connectivity index (χ4v) is 8.85. The predicted molar refractivity (Wildman–Crippen MR) is 174 cm³/mol. The number of piperidine rings is 1. The number of benzene rings is 3. The van der Waals surface area contributed by atoms with Crippen molar-refractivity contribution in [2.45, 2.75) is 69.6 Å². The van der Waals surface area contributed by atoms with Crippen LogP contribution in [0.25, 0.3) is 6.08 Å². The van der Waals surface area contributed by atoms with Gasteiger partial charge >= 0.3 is 5.97 Å². The van der Waals surface area contributed by atoms with Crippen molar-refractivity contribution in [3.8, 4) is 17.2 Å². The van der Waals surface area contributed by atoms with E-state index in [-0.39, 0.29) is 35.5 Å². The van der Waals surface area contributed by atoms with Gasteiger partial charge in [-0.3, -0.25) is 14.5 Å². The van der Waals surface area contributed by atoms with Crippen LogP contribution in [0.3, 0.4) is 0 Å². The van der Waals surface area contributed by atoms with Crippen LogP contribution in [0.4, 0.5) is 0 Å². The number of hydrogen-bond acceptors (Lipinski definition) is 6. The Hall–Kier alpha value is -4.10. The van der Waals surface area contributed by atoms with Crippen molar-refractivity contribution in [2.24, 2.45) is 5.92 Å². The minimum atomic E-state index is -0.346. The highest BCUT2D eigenvalue weighted by molar-refractivity contribution is 5.92. The quantitative estimate of drug-likeness (QED) is 0.185. The lowest BCUT2D eigenvalue weighted by molar-refractivity contribution is -0.135. The van der Waals surface area contributed by atoms with E-state index in [4.69, 9.17) is 14.2 Å². The Morgan fingerprint density at radius 3 is 2.67 bits per heavy atom. The maximum Gasteiger partial charge on any atom is 0.308 e. The highest BCUT2D eigenvalue weighted by Gasteiger charge is 2.67. The minimum absolute atomic E-state index is 0.0311. The lowest BCUT2D eigenvalue weighted by atomic mass is 9.50. The van der Waals surface area contributed by atoms with E-state index in [1.165, 1.54) is 12.5 Å². The molecule has 2 fully saturated rings. The zero-order chi connectivity index (χ0) is 31.3. The van der Waals surface area contributed by atoms with Gasteiger partial charge in [-0.25, -0.2) is 0 Å². The van der Waals surface area contributed by atoms with Gasteiger partial charge in [0.2, 0.25) is 5.91 Å². The van der Waals surface area contributed by atoms with Gasteiger partial charge < -0.3 is 19.1 Å². The molecule has 1 saturated carbocycles. The molecule has 7 rings (SSSR count). The molecule has 234 valence electrons. The van der Waals surface area contributed by atoms with E-state index >= 15 is 0 Å². The molecule has 2 aliphatic carbocycles. The second-order valence-electron chi connectivity index (χ2n) is 13.2. The highest BCUT2D eigenvalue weighted by Crippen LogP contribution is 2.65. The van der Waals surface area contributed by atoms with E-state index in [1.807, 2.05) is 36.2 Å². The summed E-state index contributed by atoms with van der Waals surface area (Å²) in [5.41, 5.74) is 5.42. The fraction of sp³-hybridized carbons (Fsp3) is 0.421. The number of amides is 1. The number of esters is 1. The Labute approximate surface area is 265 Å². The van der Waals surface area contributed by atoms with Gasteiger partial charge in [-0.05, 0) is 68.7 Å². The van der Waals surface area contributed by atoms with Gasteiger partial charge in [0.1, 0.15) is 11.9 Å². The second-order valence-corrected chi connectivity index (χ2v) is 13.2. The first-order chi connectivity index (χ1) is 21.8. The van der Waals surface area contributed by atoms with Crippen molar-refractivity contribution in [1.29, 1.82) is 0 Å². The Balaban J connectivity index is 1.25. The molecule has 3 aromatic carbocycles. The van der Waals surface area contributed by atoms with Crippen molar-refractivity contribution in [1.82, 2.24) is 9.80 Å². The molecule has 7 nitrogen and oxygen atoms in total. The van der Waals surface area contributed by atoms with Crippen LogP contribution in [0, 0.1) is 12.8 Å². The predicted octanol–water partition coefficient (Wildman–Crippen LogP) is 5.75. The smallest absolute Gasteiger partial charge is 0.308 e. The molecule has 3 aromatic rings. The van der Waals surface area contributed by atoms with Gasteiger partial charge in [-0.1, -0.05) is 60.2 Å². The summed E-state index contributed by atoms with van der Waals surface area (Å²) in [6.07, 6.45) is 7.92. The molecular weight excluding hydrogens is 564 g/mol. The Morgan fingerprint density at radius 1 is 1.09 bits per heavy atom. The van der Waals surface area contributed by atoms with E-state index < -0.39 is 0 Å². The number of aryl methyl sites for hydroxylation is 1. The molecule has 2 heterocycles. The normalized spacial score (nSPS) is 26.2. The maximum absolute atomic E-state index is 13.7. The van der Waals surface area contributed by atoms with Crippen LogP contribution >= 0.6 is 0 Å². The molecule has 0 radical (unpaired) electrons. The first kappa shape index (κ1) is 29.6. The third-order valence-corrected chi connectivity index (χ3v) is 10.8. The second kappa shape index (κ2) is 11.7. The Morgan fingerprint density at radius 2 is 1.91 bits per heavy atom.